The molecule has 1 aromatic heterocycles. The van der Waals surface area contributed by atoms with Crippen LogP contribution in [0, 0.1) is 0 Å². The van der Waals surface area contributed by atoms with E-state index in [4.69, 9.17) is 26.2 Å². The summed E-state index contributed by atoms with van der Waals surface area (Å²) in [4.78, 5) is 10.8. The maximum absolute atomic E-state index is 10.8. The Hall–Kier alpha value is -1.78. The zero-order chi connectivity index (χ0) is 12.4. The SMILES string of the molecule is O=C(O)c1ccc(-c2ccc(CO)o2)cc1Cl. The van der Waals surface area contributed by atoms with Crippen LogP contribution in [0.3, 0.4) is 0 Å². The summed E-state index contributed by atoms with van der Waals surface area (Å²) < 4.78 is 5.32. The number of carbonyl (C=O) groups is 1. The summed E-state index contributed by atoms with van der Waals surface area (Å²) in [5, 5.41) is 17.9. The second-order valence-corrected chi connectivity index (χ2v) is 3.83. The third-order valence-electron chi connectivity index (χ3n) is 2.30. The fourth-order valence-corrected chi connectivity index (χ4v) is 1.72. The van der Waals surface area contributed by atoms with Crippen molar-refractivity contribution in [3.05, 3.63) is 46.7 Å². The Labute approximate surface area is 102 Å². The molecule has 0 amide bonds. The number of furan rings is 1. The summed E-state index contributed by atoms with van der Waals surface area (Å²) in [7, 11) is 0. The Morgan fingerprint density at radius 1 is 1.29 bits per heavy atom. The number of benzene rings is 1. The van der Waals surface area contributed by atoms with E-state index in [1.165, 1.54) is 12.1 Å². The van der Waals surface area contributed by atoms with Gasteiger partial charge in [0.1, 0.15) is 18.1 Å². The molecule has 0 saturated heterocycles. The Kier molecular flexibility index (Phi) is 3.17. The van der Waals surface area contributed by atoms with E-state index in [0.29, 0.717) is 17.1 Å². The highest BCUT2D eigenvalue weighted by atomic mass is 35.5. The van der Waals surface area contributed by atoms with E-state index < -0.39 is 5.97 Å². The van der Waals surface area contributed by atoms with Crippen LogP contribution < -0.4 is 0 Å². The molecular weight excluding hydrogens is 244 g/mol. The van der Waals surface area contributed by atoms with E-state index >= 15 is 0 Å². The fraction of sp³-hybridized carbons (Fsp3) is 0.0833. The van der Waals surface area contributed by atoms with E-state index in [9.17, 15) is 4.79 Å². The topological polar surface area (TPSA) is 70.7 Å². The van der Waals surface area contributed by atoms with Gasteiger partial charge < -0.3 is 14.6 Å². The number of aliphatic hydroxyl groups is 1. The van der Waals surface area contributed by atoms with Crippen molar-refractivity contribution < 1.29 is 19.4 Å². The van der Waals surface area contributed by atoms with Gasteiger partial charge in [-0.1, -0.05) is 17.7 Å². The Bertz CT molecular complexity index is 559. The van der Waals surface area contributed by atoms with Crippen LogP contribution in [0.15, 0.2) is 34.7 Å². The lowest BCUT2D eigenvalue weighted by Gasteiger charge is -2.01. The van der Waals surface area contributed by atoms with Gasteiger partial charge in [0.25, 0.3) is 0 Å². The largest absolute Gasteiger partial charge is 0.478 e. The van der Waals surface area contributed by atoms with Gasteiger partial charge in [0.2, 0.25) is 0 Å². The molecule has 0 atom stereocenters. The second-order valence-electron chi connectivity index (χ2n) is 3.42. The predicted octanol–water partition coefficient (Wildman–Crippen LogP) is 2.79. The molecule has 1 heterocycles. The maximum Gasteiger partial charge on any atom is 0.337 e. The summed E-state index contributed by atoms with van der Waals surface area (Å²) in [6, 6.07) is 7.88. The van der Waals surface area contributed by atoms with Crippen molar-refractivity contribution in [1.29, 1.82) is 0 Å². The second kappa shape index (κ2) is 4.61. The van der Waals surface area contributed by atoms with Crippen LogP contribution in [0.2, 0.25) is 5.02 Å². The zero-order valence-corrected chi connectivity index (χ0v) is 9.44. The highest BCUT2D eigenvalue weighted by molar-refractivity contribution is 6.33. The van der Waals surface area contributed by atoms with Crippen molar-refractivity contribution in [2.75, 3.05) is 0 Å². The number of hydrogen-bond acceptors (Lipinski definition) is 3. The average molecular weight is 253 g/mol. The highest BCUT2D eigenvalue weighted by Crippen LogP contribution is 2.27. The van der Waals surface area contributed by atoms with Crippen molar-refractivity contribution in [3.8, 4) is 11.3 Å². The molecule has 17 heavy (non-hydrogen) atoms. The molecular formula is C12H9ClO4. The molecule has 0 spiro atoms. The van der Waals surface area contributed by atoms with Crippen molar-refractivity contribution in [2.24, 2.45) is 0 Å². The first-order valence-corrected chi connectivity index (χ1v) is 5.22. The first-order chi connectivity index (χ1) is 8.11. The Morgan fingerprint density at radius 3 is 2.59 bits per heavy atom. The van der Waals surface area contributed by atoms with Crippen molar-refractivity contribution >= 4 is 17.6 Å². The molecule has 2 rings (SSSR count). The third-order valence-corrected chi connectivity index (χ3v) is 2.61. The van der Waals surface area contributed by atoms with Gasteiger partial charge in [-0.15, -0.1) is 0 Å². The number of hydrogen-bond donors (Lipinski definition) is 2. The van der Waals surface area contributed by atoms with Gasteiger partial charge in [0.05, 0.1) is 10.6 Å². The summed E-state index contributed by atoms with van der Waals surface area (Å²) in [5.41, 5.74) is 0.712. The average Bonchev–Trinajstić information content (AvgIpc) is 2.76. The number of carboxylic acids is 1. The van der Waals surface area contributed by atoms with Crippen LogP contribution in [-0.2, 0) is 6.61 Å². The van der Waals surface area contributed by atoms with Gasteiger partial charge in [-0.25, -0.2) is 4.79 Å². The lowest BCUT2D eigenvalue weighted by atomic mass is 10.1. The van der Waals surface area contributed by atoms with E-state index in [1.807, 2.05) is 0 Å². The Balaban J connectivity index is 2.40. The van der Waals surface area contributed by atoms with E-state index in [1.54, 1.807) is 18.2 Å². The number of aromatic carboxylic acids is 1. The molecule has 0 aliphatic heterocycles. The summed E-state index contributed by atoms with van der Waals surface area (Å²) in [5.74, 6) is -0.0941. The van der Waals surface area contributed by atoms with Crippen molar-refractivity contribution in [1.82, 2.24) is 0 Å². The predicted molar refractivity (Wildman–Crippen MR) is 62.0 cm³/mol. The van der Waals surface area contributed by atoms with Crippen LogP contribution >= 0.6 is 11.6 Å². The molecule has 4 nitrogen and oxygen atoms in total. The standard InChI is InChI=1S/C12H9ClO4/c13-10-5-7(1-3-9(10)12(15)16)11-4-2-8(6-14)17-11/h1-5,14H,6H2,(H,15,16). The maximum atomic E-state index is 10.8. The Morgan fingerprint density at radius 2 is 2.06 bits per heavy atom. The minimum Gasteiger partial charge on any atom is -0.478 e. The molecule has 5 heteroatoms. The summed E-state index contributed by atoms with van der Waals surface area (Å²) in [6.07, 6.45) is 0. The zero-order valence-electron chi connectivity index (χ0n) is 8.68. The van der Waals surface area contributed by atoms with Crippen molar-refractivity contribution in [3.63, 3.8) is 0 Å². The van der Waals surface area contributed by atoms with Gasteiger partial charge in [0.15, 0.2) is 0 Å². The van der Waals surface area contributed by atoms with Crippen LogP contribution in [0.25, 0.3) is 11.3 Å². The minimum absolute atomic E-state index is 0.0457. The third kappa shape index (κ3) is 2.33. The molecule has 0 aliphatic rings. The number of halogens is 1. The smallest absolute Gasteiger partial charge is 0.337 e. The minimum atomic E-state index is -1.07. The number of carboxylic acid groups (broad SMARTS) is 1. The van der Waals surface area contributed by atoms with Crippen LogP contribution in [0.4, 0.5) is 0 Å². The molecule has 0 unspecified atom stereocenters. The van der Waals surface area contributed by atoms with Crippen LogP contribution in [-0.4, -0.2) is 16.2 Å². The monoisotopic (exact) mass is 252 g/mol. The van der Waals surface area contributed by atoms with Gasteiger partial charge >= 0.3 is 5.97 Å². The molecule has 0 saturated carbocycles. The summed E-state index contributed by atoms with van der Waals surface area (Å²) in [6.45, 7) is -0.180. The number of rotatable bonds is 3. The highest BCUT2D eigenvalue weighted by Gasteiger charge is 2.11. The molecule has 0 bridgehead atoms. The van der Waals surface area contributed by atoms with Crippen LogP contribution in [0.5, 0.6) is 0 Å². The van der Waals surface area contributed by atoms with Gasteiger partial charge in [-0.05, 0) is 24.3 Å². The quantitative estimate of drug-likeness (QED) is 0.881. The lowest BCUT2D eigenvalue weighted by molar-refractivity contribution is 0.0697. The van der Waals surface area contributed by atoms with E-state index in [0.717, 1.165) is 0 Å². The first-order valence-electron chi connectivity index (χ1n) is 4.84. The van der Waals surface area contributed by atoms with Gasteiger partial charge in [0, 0.05) is 5.56 Å². The molecule has 0 fully saturated rings. The van der Waals surface area contributed by atoms with E-state index in [2.05, 4.69) is 0 Å². The molecule has 2 N–H and O–H groups in total. The summed E-state index contributed by atoms with van der Waals surface area (Å²) >= 11 is 5.84. The lowest BCUT2D eigenvalue weighted by Crippen LogP contribution is -1.96. The first kappa shape index (κ1) is 11.7. The molecule has 1 aromatic carbocycles. The van der Waals surface area contributed by atoms with Gasteiger partial charge in [-0.3, -0.25) is 0 Å². The van der Waals surface area contributed by atoms with Crippen LogP contribution in [0.1, 0.15) is 16.1 Å². The molecule has 2 aromatic rings. The van der Waals surface area contributed by atoms with E-state index in [-0.39, 0.29) is 17.2 Å². The molecule has 0 aliphatic carbocycles. The molecule has 0 radical (unpaired) electrons. The fourth-order valence-electron chi connectivity index (χ4n) is 1.46. The van der Waals surface area contributed by atoms with Crippen molar-refractivity contribution in [2.45, 2.75) is 6.61 Å². The molecule has 88 valence electrons. The number of aliphatic hydroxyl groups excluding tert-OH is 1. The van der Waals surface area contributed by atoms with Gasteiger partial charge in [-0.2, -0.15) is 0 Å². The normalized spacial score (nSPS) is 10.5.